The van der Waals surface area contributed by atoms with E-state index in [-0.39, 0.29) is 0 Å². The molecule has 0 fully saturated rings. The van der Waals surface area contributed by atoms with Gasteiger partial charge in [-0.1, -0.05) is 15.9 Å². The van der Waals surface area contributed by atoms with Crippen LogP contribution in [0.25, 0.3) is 0 Å². The van der Waals surface area contributed by atoms with Gasteiger partial charge in [0.05, 0.1) is 0 Å². The second-order valence-corrected chi connectivity index (χ2v) is 5.92. The lowest BCUT2D eigenvalue weighted by atomic mass is 10.1. The molecule has 2 nitrogen and oxygen atoms in total. The summed E-state index contributed by atoms with van der Waals surface area (Å²) in [6.45, 7) is 4.05. The van der Waals surface area contributed by atoms with E-state index in [4.69, 9.17) is 4.74 Å². The van der Waals surface area contributed by atoms with Gasteiger partial charge in [0.2, 0.25) is 0 Å². The van der Waals surface area contributed by atoms with Crippen molar-refractivity contribution in [3.8, 4) is 11.5 Å². The van der Waals surface area contributed by atoms with Crippen molar-refractivity contribution in [2.45, 2.75) is 13.8 Å². The Bertz CT molecular complexity index is 613. The van der Waals surface area contributed by atoms with Gasteiger partial charge in [0.15, 0.2) is 6.29 Å². The van der Waals surface area contributed by atoms with Crippen LogP contribution in [0, 0.1) is 13.8 Å². The fourth-order valence-electron chi connectivity index (χ4n) is 1.77. The third-order valence-electron chi connectivity index (χ3n) is 2.74. The molecule has 0 amide bonds. The lowest BCUT2D eigenvalue weighted by Gasteiger charge is -2.10. The highest BCUT2D eigenvalue weighted by Crippen LogP contribution is 2.31. The van der Waals surface area contributed by atoms with E-state index < -0.39 is 0 Å². The van der Waals surface area contributed by atoms with Crippen LogP contribution in [0.1, 0.15) is 21.5 Å². The largest absolute Gasteiger partial charge is 0.457 e. The third-order valence-corrected chi connectivity index (χ3v) is 4.68. The zero-order chi connectivity index (χ0) is 14.0. The lowest BCUT2D eigenvalue weighted by Crippen LogP contribution is -1.90. The highest BCUT2D eigenvalue weighted by Gasteiger charge is 2.06. The molecule has 0 unspecified atom stereocenters. The Morgan fingerprint density at radius 1 is 1.00 bits per heavy atom. The fourth-order valence-corrected chi connectivity index (χ4v) is 2.45. The summed E-state index contributed by atoms with van der Waals surface area (Å²) in [5.41, 5.74) is 2.85. The van der Waals surface area contributed by atoms with E-state index in [9.17, 15) is 4.79 Å². The summed E-state index contributed by atoms with van der Waals surface area (Å²) in [5, 5.41) is 0. The second-order valence-electron chi connectivity index (χ2n) is 4.27. The van der Waals surface area contributed by atoms with Crippen LogP contribution in [0.3, 0.4) is 0 Å². The minimum absolute atomic E-state index is 0.607. The first kappa shape index (κ1) is 14.3. The van der Waals surface area contributed by atoms with Gasteiger partial charge in [-0.25, -0.2) is 0 Å². The zero-order valence-corrected chi connectivity index (χ0v) is 13.7. The number of carbonyl (C=O) groups excluding carboxylic acids is 1. The Labute approximate surface area is 129 Å². The van der Waals surface area contributed by atoms with Gasteiger partial charge >= 0.3 is 0 Å². The number of aldehydes is 1. The van der Waals surface area contributed by atoms with Crippen molar-refractivity contribution in [3.63, 3.8) is 0 Å². The minimum atomic E-state index is 0.607. The first-order valence-corrected chi connectivity index (χ1v) is 7.29. The van der Waals surface area contributed by atoms with Crippen molar-refractivity contribution in [1.82, 2.24) is 0 Å². The predicted octanol–water partition coefficient (Wildman–Crippen LogP) is 5.43. The maximum Gasteiger partial charge on any atom is 0.151 e. The molecular formula is C15H12Br2O2. The van der Waals surface area contributed by atoms with Gasteiger partial charge in [-0.3, -0.25) is 4.79 Å². The molecule has 2 aromatic rings. The first-order chi connectivity index (χ1) is 9.01. The molecule has 19 heavy (non-hydrogen) atoms. The Balaban J connectivity index is 2.31. The molecule has 0 N–H and O–H groups in total. The van der Waals surface area contributed by atoms with Crippen molar-refractivity contribution < 1.29 is 9.53 Å². The summed E-state index contributed by atoms with van der Waals surface area (Å²) in [5.74, 6) is 1.47. The average molecular weight is 384 g/mol. The molecule has 2 rings (SSSR count). The van der Waals surface area contributed by atoms with E-state index in [1.165, 1.54) is 0 Å². The van der Waals surface area contributed by atoms with Crippen LogP contribution in [0.15, 0.2) is 39.3 Å². The molecule has 0 spiro atoms. The summed E-state index contributed by atoms with van der Waals surface area (Å²) in [4.78, 5) is 10.7. The van der Waals surface area contributed by atoms with Gasteiger partial charge in [0.25, 0.3) is 0 Å². The summed E-state index contributed by atoms with van der Waals surface area (Å²) in [7, 11) is 0. The quantitative estimate of drug-likeness (QED) is 0.660. The number of carbonyl (C=O) groups is 1. The highest BCUT2D eigenvalue weighted by atomic mass is 79.9. The molecule has 0 saturated carbocycles. The Morgan fingerprint density at radius 3 is 2.16 bits per heavy atom. The number of hydrogen-bond acceptors (Lipinski definition) is 2. The van der Waals surface area contributed by atoms with Gasteiger partial charge in [0.1, 0.15) is 11.5 Å². The molecular weight excluding hydrogens is 372 g/mol. The maximum atomic E-state index is 10.7. The molecule has 0 aliphatic rings. The number of halogens is 2. The van der Waals surface area contributed by atoms with Crippen molar-refractivity contribution in [3.05, 3.63) is 56.0 Å². The van der Waals surface area contributed by atoms with Crippen LogP contribution in [0.4, 0.5) is 0 Å². The van der Waals surface area contributed by atoms with Crippen molar-refractivity contribution in [1.29, 1.82) is 0 Å². The molecule has 0 bridgehead atoms. The summed E-state index contributed by atoms with van der Waals surface area (Å²) >= 11 is 6.87. The fraction of sp³-hybridized carbons (Fsp3) is 0.133. The van der Waals surface area contributed by atoms with Gasteiger partial charge in [0, 0.05) is 14.5 Å². The topological polar surface area (TPSA) is 26.3 Å². The van der Waals surface area contributed by atoms with Crippen molar-refractivity contribution in [2.75, 3.05) is 0 Å². The SMILES string of the molecule is Cc1cc(Oc2ccc(C=O)c(Br)c2)cc(C)c1Br. The maximum absolute atomic E-state index is 10.7. The van der Waals surface area contributed by atoms with Crippen molar-refractivity contribution >= 4 is 38.1 Å². The molecule has 2 aromatic carbocycles. The van der Waals surface area contributed by atoms with Gasteiger partial charge < -0.3 is 4.74 Å². The van der Waals surface area contributed by atoms with E-state index in [0.717, 1.165) is 32.1 Å². The second kappa shape index (κ2) is 5.88. The van der Waals surface area contributed by atoms with E-state index in [1.54, 1.807) is 18.2 Å². The average Bonchev–Trinajstić information content (AvgIpc) is 2.36. The molecule has 0 radical (unpaired) electrons. The van der Waals surface area contributed by atoms with Crippen LogP contribution in [0.2, 0.25) is 0 Å². The van der Waals surface area contributed by atoms with Gasteiger partial charge in [-0.15, -0.1) is 0 Å². The van der Waals surface area contributed by atoms with Crippen molar-refractivity contribution in [2.24, 2.45) is 0 Å². The number of benzene rings is 2. The molecule has 0 aromatic heterocycles. The highest BCUT2D eigenvalue weighted by molar-refractivity contribution is 9.10. The smallest absolute Gasteiger partial charge is 0.151 e. The normalized spacial score (nSPS) is 10.3. The molecule has 0 aliphatic carbocycles. The van der Waals surface area contributed by atoms with E-state index in [1.807, 2.05) is 26.0 Å². The monoisotopic (exact) mass is 382 g/mol. The number of hydrogen-bond donors (Lipinski definition) is 0. The van der Waals surface area contributed by atoms with Gasteiger partial charge in [-0.2, -0.15) is 0 Å². The van der Waals surface area contributed by atoms with Crippen LogP contribution in [-0.2, 0) is 0 Å². The number of ether oxygens (including phenoxy) is 1. The van der Waals surface area contributed by atoms with E-state index in [2.05, 4.69) is 31.9 Å². The molecule has 98 valence electrons. The van der Waals surface area contributed by atoms with E-state index in [0.29, 0.717) is 11.3 Å². The Morgan fingerprint density at radius 2 is 1.63 bits per heavy atom. The molecule has 0 saturated heterocycles. The summed E-state index contributed by atoms with van der Waals surface area (Å²) < 4.78 is 7.63. The van der Waals surface area contributed by atoms with Crippen LogP contribution < -0.4 is 4.74 Å². The summed E-state index contributed by atoms with van der Waals surface area (Å²) in [6.07, 6.45) is 0.807. The van der Waals surface area contributed by atoms with Crippen LogP contribution >= 0.6 is 31.9 Å². The van der Waals surface area contributed by atoms with Gasteiger partial charge in [-0.05, 0) is 71.2 Å². The number of rotatable bonds is 3. The predicted molar refractivity (Wildman–Crippen MR) is 83.2 cm³/mol. The lowest BCUT2D eigenvalue weighted by molar-refractivity contribution is 0.112. The first-order valence-electron chi connectivity index (χ1n) is 5.70. The van der Waals surface area contributed by atoms with E-state index >= 15 is 0 Å². The minimum Gasteiger partial charge on any atom is -0.457 e. The molecule has 4 heteroatoms. The summed E-state index contributed by atoms with van der Waals surface area (Å²) in [6, 6.07) is 9.24. The Kier molecular flexibility index (Phi) is 4.42. The van der Waals surface area contributed by atoms with Crippen LogP contribution in [-0.4, -0.2) is 6.29 Å². The zero-order valence-electron chi connectivity index (χ0n) is 10.5. The molecule has 0 aliphatic heterocycles. The standard InChI is InChI=1S/C15H12Br2O2/c1-9-5-13(6-10(2)15(9)17)19-12-4-3-11(8-18)14(16)7-12/h3-8H,1-2H3. The number of aryl methyl sites for hydroxylation is 2. The molecule has 0 heterocycles. The third kappa shape index (κ3) is 3.25. The van der Waals surface area contributed by atoms with Crippen LogP contribution in [0.5, 0.6) is 11.5 Å². The Hall–Kier alpha value is -1.13. The molecule has 0 atom stereocenters.